The predicted octanol–water partition coefficient (Wildman–Crippen LogP) is 3.41. The molecule has 134 valence electrons. The summed E-state index contributed by atoms with van der Waals surface area (Å²) in [6, 6.07) is 10.4. The normalized spacial score (nSPS) is 18.3. The Hall–Kier alpha value is -2.14. The molecule has 5 heteroatoms. The Labute approximate surface area is 149 Å². The number of likely N-dealkylation sites (tertiary alicyclic amines) is 1. The predicted molar refractivity (Wildman–Crippen MR) is 97.7 cm³/mol. The number of rotatable bonds is 5. The van der Waals surface area contributed by atoms with Crippen LogP contribution in [0.25, 0.3) is 5.69 Å². The largest absolute Gasteiger partial charge is 0.465 e. The minimum absolute atomic E-state index is 0.0820. The van der Waals surface area contributed by atoms with E-state index in [4.69, 9.17) is 4.74 Å². The standard InChI is InChI=1S/C20H27N3O2/c1-4-25-20(24)19-7-5-6-12-22(19)14-17-8-10-18(11-9-17)23-16(3)13-15(2)21-23/h8-11,13,19H,4-7,12,14H2,1-3H3. The van der Waals surface area contributed by atoms with E-state index >= 15 is 0 Å². The Morgan fingerprint density at radius 1 is 1.24 bits per heavy atom. The summed E-state index contributed by atoms with van der Waals surface area (Å²) >= 11 is 0. The second-order valence-corrected chi connectivity index (χ2v) is 6.74. The molecule has 1 fully saturated rings. The van der Waals surface area contributed by atoms with E-state index < -0.39 is 0 Å². The van der Waals surface area contributed by atoms with E-state index in [9.17, 15) is 4.79 Å². The van der Waals surface area contributed by atoms with Crippen molar-refractivity contribution in [3.63, 3.8) is 0 Å². The van der Waals surface area contributed by atoms with Gasteiger partial charge in [-0.2, -0.15) is 5.10 Å². The quantitative estimate of drug-likeness (QED) is 0.782. The number of piperidine rings is 1. The van der Waals surface area contributed by atoms with E-state index in [0.29, 0.717) is 6.61 Å². The molecule has 0 radical (unpaired) electrons. The van der Waals surface area contributed by atoms with Gasteiger partial charge >= 0.3 is 5.97 Å². The van der Waals surface area contributed by atoms with E-state index in [1.54, 1.807) is 0 Å². The highest BCUT2D eigenvalue weighted by molar-refractivity contribution is 5.75. The number of benzene rings is 1. The van der Waals surface area contributed by atoms with Gasteiger partial charge in [0.05, 0.1) is 18.0 Å². The SMILES string of the molecule is CCOC(=O)C1CCCCN1Cc1ccc(-n2nc(C)cc2C)cc1. The van der Waals surface area contributed by atoms with Gasteiger partial charge < -0.3 is 4.74 Å². The number of aromatic nitrogens is 2. The zero-order valence-corrected chi connectivity index (χ0v) is 15.4. The average molecular weight is 341 g/mol. The van der Waals surface area contributed by atoms with Crippen molar-refractivity contribution in [2.75, 3.05) is 13.2 Å². The van der Waals surface area contributed by atoms with Gasteiger partial charge in [-0.1, -0.05) is 18.6 Å². The molecular weight excluding hydrogens is 314 g/mol. The first kappa shape index (κ1) is 17.7. The molecule has 0 N–H and O–H groups in total. The molecule has 0 amide bonds. The molecule has 25 heavy (non-hydrogen) atoms. The number of nitrogens with zero attached hydrogens (tertiary/aromatic N) is 3. The Morgan fingerprint density at radius 3 is 2.64 bits per heavy atom. The van der Waals surface area contributed by atoms with Gasteiger partial charge in [0.1, 0.15) is 6.04 Å². The van der Waals surface area contributed by atoms with Crippen LogP contribution in [0.15, 0.2) is 30.3 Å². The zero-order valence-electron chi connectivity index (χ0n) is 15.4. The fourth-order valence-corrected chi connectivity index (χ4v) is 3.55. The molecule has 1 atom stereocenters. The Bertz CT molecular complexity index is 721. The van der Waals surface area contributed by atoms with Gasteiger partial charge in [0.25, 0.3) is 0 Å². The van der Waals surface area contributed by atoms with Crippen molar-refractivity contribution in [3.05, 3.63) is 47.3 Å². The fourth-order valence-electron chi connectivity index (χ4n) is 3.55. The lowest BCUT2D eigenvalue weighted by molar-refractivity contribution is -0.151. The molecule has 3 rings (SSSR count). The molecule has 1 unspecified atom stereocenters. The monoisotopic (exact) mass is 341 g/mol. The number of ether oxygens (including phenoxy) is 1. The maximum absolute atomic E-state index is 12.2. The van der Waals surface area contributed by atoms with Crippen molar-refractivity contribution in [1.29, 1.82) is 0 Å². The first-order valence-electron chi connectivity index (χ1n) is 9.11. The van der Waals surface area contributed by atoms with Crippen molar-refractivity contribution >= 4 is 5.97 Å². The molecule has 1 aliphatic heterocycles. The lowest BCUT2D eigenvalue weighted by Gasteiger charge is -2.34. The van der Waals surface area contributed by atoms with Gasteiger partial charge in [-0.15, -0.1) is 0 Å². The van der Waals surface area contributed by atoms with Crippen LogP contribution in [0.2, 0.25) is 0 Å². The van der Waals surface area contributed by atoms with E-state index in [2.05, 4.69) is 47.3 Å². The van der Waals surface area contributed by atoms with Crippen molar-refractivity contribution in [1.82, 2.24) is 14.7 Å². The van der Waals surface area contributed by atoms with Gasteiger partial charge in [0.2, 0.25) is 0 Å². The molecule has 0 spiro atoms. The molecule has 2 heterocycles. The highest BCUT2D eigenvalue weighted by Gasteiger charge is 2.29. The van der Waals surface area contributed by atoms with Crippen molar-refractivity contribution in [2.45, 2.75) is 52.6 Å². The highest BCUT2D eigenvalue weighted by atomic mass is 16.5. The summed E-state index contributed by atoms with van der Waals surface area (Å²) in [4.78, 5) is 14.5. The summed E-state index contributed by atoms with van der Waals surface area (Å²) in [7, 11) is 0. The fraction of sp³-hybridized carbons (Fsp3) is 0.500. The van der Waals surface area contributed by atoms with Crippen LogP contribution in [0, 0.1) is 13.8 Å². The van der Waals surface area contributed by atoms with Crippen LogP contribution in [0.3, 0.4) is 0 Å². The molecule has 1 aromatic carbocycles. The van der Waals surface area contributed by atoms with Gasteiger partial charge in [0.15, 0.2) is 0 Å². The molecule has 1 aromatic heterocycles. The van der Waals surface area contributed by atoms with Crippen LogP contribution in [0.5, 0.6) is 0 Å². The van der Waals surface area contributed by atoms with Crippen LogP contribution in [0.4, 0.5) is 0 Å². The second-order valence-electron chi connectivity index (χ2n) is 6.74. The smallest absolute Gasteiger partial charge is 0.323 e. The molecule has 5 nitrogen and oxygen atoms in total. The Balaban J connectivity index is 1.71. The molecule has 2 aromatic rings. The van der Waals surface area contributed by atoms with Gasteiger partial charge in [-0.3, -0.25) is 9.69 Å². The summed E-state index contributed by atoms with van der Waals surface area (Å²) in [6.45, 7) is 8.10. The highest BCUT2D eigenvalue weighted by Crippen LogP contribution is 2.21. The van der Waals surface area contributed by atoms with Crippen LogP contribution >= 0.6 is 0 Å². The second kappa shape index (κ2) is 7.83. The number of esters is 1. The Kier molecular flexibility index (Phi) is 5.53. The third kappa shape index (κ3) is 4.10. The van der Waals surface area contributed by atoms with Crippen LogP contribution in [-0.4, -0.2) is 39.8 Å². The minimum atomic E-state index is -0.107. The Morgan fingerprint density at radius 2 is 2.00 bits per heavy atom. The number of aryl methyl sites for hydroxylation is 2. The lowest BCUT2D eigenvalue weighted by Crippen LogP contribution is -2.44. The minimum Gasteiger partial charge on any atom is -0.465 e. The third-order valence-electron chi connectivity index (χ3n) is 4.75. The van der Waals surface area contributed by atoms with Crippen molar-refractivity contribution in [3.8, 4) is 5.69 Å². The van der Waals surface area contributed by atoms with E-state index in [1.165, 1.54) is 5.56 Å². The molecular formula is C20H27N3O2. The number of carbonyl (C=O) groups excluding carboxylic acids is 1. The summed E-state index contributed by atoms with van der Waals surface area (Å²) < 4.78 is 7.21. The molecule has 1 saturated heterocycles. The third-order valence-corrected chi connectivity index (χ3v) is 4.75. The number of hydrogen-bond donors (Lipinski definition) is 0. The van der Waals surface area contributed by atoms with Gasteiger partial charge in [-0.25, -0.2) is 4.68 Å². The van der Waals surface area contributed by atoms with Crippen LogP contribution in [0.1, 0.15) is 43.1 Å². The van der Waals surface area contributed by atoms with E-state index in [1.807, 2.05) is 18.5 Å². The van der Waals surface area contributed by atoms with E-state index in [0.717, 1.165) is 49.4 Å². The maximum atomic E-state index is 12.2. The van der Waals surface area contributed by atoms with E-state index in [-0.39, 0.29) is 12.0 Å². The number of hydrogen-bond acceptors (Lipinski definition) is 4. The van der Waals surface area contributed by atoms with Gasteiger partial charge in [-0.05, 0) is 63.9 Å². The lowest BCUT2D eigenvalue weighted by atomic mass is 10.0. The molecule has 1 aliphatic rings. The van der Waals surface area contributed by atoms with Crippen LogP contribution < -0.4 is 0 Å². The first-order valence-corrected chi connectivity index (χ1v) is 9.11. The van der Waals surface area contributed by atoms with Crippen LogP contribution in [-0.2, 0) is 16.1 Å². The molecule has 0 saturated carbocycles. The first-order chi connectivity index (χ1) is 12.1. The van der Waals surface area contributed by atoms with Gasteiger partial charge in [0, 0.05) is 12.2 Å². The summed E-state index contributed by atoms with van der Waals surface area (Å²) in [5, 5.41) is 4.53. The van der Waals surface area contributed by atoms with Crippen molar-refractivity contribution < 1.29 is 9.53 Å². The number of carbonyl (C=O) groups is 1. The molecule has 0 bridgehead atoms. The summed E-state index contributed by atoms with van der Waals surface area (Å²) in [5.74, 6) is -0.0820. The summed E-state index contributed by atoms with van der Waals surface area (Å²) in [5.41, 5.74) is 4.42. The summed E-state index contributed by atoms with van der Waals surface area (Å²) in [6.07, 6.45) is 3.12. The van der Waals surface area contributed by atoms with Crippen molar-refractivity contribution in [2.24, 2.45) is 0 Å². The maximum Gasteiger partial charge on any atom is 0.323 e. The molecule has 0 aliphatic carbocycles. The topological polar surface area (TPSA) is 47.4 Å². The zero-order chi connectivity index (χ0) is 17.8. The average Bonchev–Trinajstić information content (AvgIpc) is 2.94.